The molecule has 8 nitrogen and oxygen atoms in total. The number of methoxy groups -OCH3 is 1. The molecule has 2 N–H and O–H groups in total. The van der Waals surface area contributed by atoms with Gasteiger partial charge in [-0.3, -0.25) is 14.5 Å². The fourth-order valence-electron chi connectivity index (χ4n) is 4.05. The smallest absolute Gasteiger partial charge is 0.338 e. The van der Waals surface area contributed by atoms with Crippen molar-refractivity contribution < 1.29 is 34.1 Å². The molecule has 0 radical (unpaired) electrons. The van der Waals surface area contributed by atoms with Crippen LogP contribution in [0.15, 0.2) is 72.3 Å². The predicted octanol–water partition coefficient (Wildman–Crippen LogP) is 4.86. The van der Waals surface area contributed by atoms with Gasteiger partial charge >= 0.3 is 5.97 Å². The summed E-state index contributed by atoms with van der Waals surface area (Å²) in [5, 5.41) is 21.5. The Bertz CT molecular complexity index is 1380. The third kappa shape index (κ3) is 4.50. The number of rotatable bonds is 6. The first-order valence-electron chi connectivity index (χ1n) is 11.0. The summed E-state index contributed by atoms with van der Waals surface area (Å²) in [6.07, 6.45) is 0. The maximum atomic E-state index is 13.2. The number of Topliss-reactive ketones (excluding diaryl/α,β-unsaturated/α-hetero) is 1. The minimum Gasteiger partial charge on any atom is -0.508 e. The summed E-state index contributed by atoms with van der Waals surface area (Å²) in [6.45, 7) is 1.90. The highest BCUT2D eigenvalue weighted by atomic mass is 35.5. The van der Waals surface area contributed by atoms with Crippen molar-refractivity contribution in [2.75, 3.05) is 18.6 Å². The Labute approximate surface area is 211 Å². The first kappa shape index (κ1) is 24.8. The summed E-state index contributed by atoms with van der Waals surface area (Å²) in [5.41, 5.74) is 1.01. The number of amides is 1. The number of halogens is 1. The maximum absolute atomic E-state index is 13.2. The molecule has 0 bridgehead atoms. The fourth-order valence-corrected chi connectivity index (χ4v) is 4.31. The first-order chi connectivity index (χ1) is 17.3. The van der Waals surface area contributed by atoms with Crippen LogP contribution in [0.2, 0.25) is 5.02 Å². The van der Waals surface area contributed by atoms with Gasteiger partial charge in [0.25, 0.3) is 11.7 Å². The molecule has 184 valence electrons. The summed E-state index contributed by atoms with van der Waals surface area (Å²) < 4.78 is 10.1. The van der Waals surface area contributed by atoms with Crippen LogP contribution in [-0.2, 0) is 14.3 Å². The Morgan fingerprint density at radius 3 is 2.33 bits per heavy atom. The van der Waals surface area contributed by atoms with E-state index >= 15 is 0 Å². The van der Waals surface area contributed by atoms with Gasteiger partial charge < -0.3 is 19.7 Å². The van der Waals surface area contributed by atoms with Gasteiger partial charge in [-0.15, -0.1) is 0 Å². The third-order valence-corrected chi connectivity index (χ3v) is 6.01. The van der Waals surface area contributed by atoms with Crippen LogP contribution in [0, 0.1) is 0 Å². The second kappa shape index (κ2) is 10.1. The number of esters is 1. The number of phenols is 1. The number of ketones is 1. The van der Waals surface area contributed by atoms with Crippen molar-refractivity contribution in [1.82, 2.24) is 0 Å². The van der Waals surface area contributed by atoms with Gasteiger partial charge in [0, 0.05) is 11.3 Å². The molecule has 0 saturated carbocycles. The van der Waals surface area contributed by atoms with E-state index in [0.717, 1.165) is 0 Å². The normalized spacial score (nSPS) is 16.8. The molecule has 36 heavy (non-hydrogen) atoms. The van der Waals surface area contributed by atoms with Crippen LogP contribution in [-0.4, -0.2) is 41.6 Å². The van der Waals surface area contributed by atoms with Gasteiger partial charge in [0.05, 0.1) is 35.9 Å². The van der Waals surface area contributed by atoms with Gasteiger partial charge in [-0.05, 0) is 67.1 Å². The molecular weight excluding hydrogens is 486 g/mol. The van der Waals surface area contributed by atoms with Gasteiger partial charge in [0.15, 0.2) is 0 Å². The molecule has 3 aromatic rings. The van der Waals surface area contributed by atoms with Crippen molar-refractivity contribution in [3.8, 4) is 11.5 Å². The van der Waals surface area contributed by atoms with Crippen LogP contribution in [0.5, 0.6) is 11.5 Å². The Morgan fingerprint density at radius 1 is 1.03 bits per heavy atom. The summed E-state index contributed by atoms with van der Waals surface area (Å²) >= 11 is 6.22. The third-order valence-electron chi connectivity index (χ3n) is 5.71. The van der Waals surface area contributed by atoms with Crippen molar-refractivity contribution in [3.05, 3.63) is 94.0 Å². The van der Waals surface area contributed by atoms with E-state index in [1.54, 1.807) is 19.1 Å². The molecule has 0 aliphatic carbocycles. The quantitative estimate of drug-likeness (QED) is 0.212. The molecule has 1 heterocycles. The van der Waals surface area contributed by atoms with Gasteiger partial charge in [-0.2, -0.15) is 0 Å². The predicted molar refractivity (Wildman–Crippen MR) is 133 cm³/mol. The van der Waals surface area contributed by atoms with Gasteiger partial charge in [0.1, 0.15) is 17.3 Å². The van der Waals surface area contributed by atoms with E-state index in [4.69, 9.17) is 21.1 Å². The number of carbonyl (C=O) groups is 3. The summed E-state index contributed by atoms with van der Waals surface area (Å²) in [6, 6.07) is 15.5. The summed E-state index contributed by atoms with van der Waals surface area (Å²) in [5.74, 6) is -2.46. The number of hydrogen-bond donors (Lipinski definition) is 2. The van der Waals surface area contributed by atoms with Crippen LogP contribution in [0.4, 0.5) is 5.69 Å². The summed E-state index contributed by atoms with van der Waals surface area (Å²) in [4.78, 5) is 39.7. The van der Waals surface area contributed by atoms with Crippen molar-refractivity contribution in [2.24, 2.45) is 0 Å². The van der Waals surface area contributed by atoms with E-state index in [-0.39, 0.29) is 34.1 Å². The standard InChI is InChI=1S/C27H22ClNO7/c1-3-36-27(34)15-7-10-18(11-8-15)29-23(16-5-4-6-19(30)13-16)22(25(32)26(29)33)24(31)17-9-12-21(35-2)20(28)14-17/h4-14,23,30-31H,3H2,1-2H3/b24-22-. The maximum Gasteiger partial charge on any atom is 0.338 e. The van der Waals surface area contributed by atoms with E-state index in [2.05, 4.69) is 0 Å². The molecule has 1 saturated heterocycles. The number of nitrogens with zero attached hydrogens (tertiary/aromatic N) is 1. The van der Waals surface area contributed by atoms with Crippen LogP contribution < -0.4 is 9.64 Å². The van der Waals surface area contributed by atoms with E-state index in [0.29, 0.717) is 17.0 Å². The fraction of sp³-hybridized carbons (Fsp3) is 0.148. The topological polar surface area (TPSA) is 113 Å². The van der Waals surface area contributed by atoms with Crippen LogP contribution >= 0.6 is 11.6 Å². The lowest BCUT2D eigenvalue weighted by Gasteiger charge is -2.25. The number of aliphatic hydroxyl groups excluding tert-OH is 1. The average molecular weight is 508 g/mol. The Kier molecular flexibility index (Phi) is 6.98. The molecule has 9 heteroatoms. The highest BCUT2D eigenvalue weighted by Crippen LogP contribution is 2.43. The number of hydrogen-bond acceptors (Lipinski definition) is 7. The van der Waals surface area contributed by atoms with Crippen LogP contribution in [0.25, 0.3) is 5.76 Å². The highest BCUT2D eigenvalue weighted by molar-refractivity contribution is 6.51. The number of phenolic OH excluding ortho intramolecular Hbond substituents is 1. The minimum absolute atomic E-state index is 0.0803. The molecule has 0 aromatic heterocycles. The lowest BCUT2D eigenvalue weighted by molar-refractivity contribution is -0.132. The van der Waals surface area contributed by atoms with Gasteiger partial charge in [0.2, 0.25) is 0 Å². The number of aliphatic hydroxyl groups is 1. The average Bonchev–Trinajstić information content (AvgIpc) is 3.14. The van der Waals surface area contributed by atoms with Crippen molar-refractivity contribution >= 4 is 40.7 Å². The zero-order valence-corrected chi connectivity index (χ0v) is 20.2. The van der Waals surface area contributed by atoms with Gasteiger partial charge in [-0.1, -0.05) is 23.7 Å². The monoisotopic (exact) mass is 507 g/mol. The van der Waals surface area contributed by atoms with Gasteiger partial charge in [-0.25, -0.2) is 4.79 Å². The second-order valence-electron chi connectivity index (χ2n) is 7.88. The molecule has 3 aromatic carbocycles. The highest BCUT2D eigenvalue weighted by Gasteiger charge is 2.47. The Balaban J connectivity index is 1.87. The van der Waals surface area contributed by atoms with Crippen LogP contribution in [0.3, 0.4) is 0 Å². The Hall–Kier alpha value is -4.30. The molecule has 1 atom stereocenters. The van der Waals surface area contributed by atoms with E-state index in [1.165, 1.54) is 66.6 Å². The largest absolute Gasteiger partial charge is 0.508 e. The van der Waals surface area contributed by atoms with Crippen LogP contribution in [0.1, 0.15) is 34.5 Å². The molecule has 0 spiro atoms. The number of carbonyl (C=O) groups excluding carboxylic acids is 3. The Morgan fingerprint density at radius 2 is 1.72 bits per heavy atom. The molecule has 4 rings (SSSR count). The molecule has 1 amide bonds. The van der Waals surface area contributed by atoms with E-state index < -0.39 is 29.5 Å². The zero-order chi connectivity index (χ0) is 26.0. The number of ether oxygens (including phenoxy) is 2. The summed E-state index contributed by atoms with van der Waals surface area (Å²) in [7, 11) is 1.45. The zero-order valence-electron chi connectivity index (χ0n) is 19.4. The number of benzene rings is 3. The van der Waals surface area contributed by atoms with Crippen molar-refractivity contribution in [1.29, 1.82) is 0 Å². The molecule has 1 aliphatic heterocycles. The molecule has 1 fully saturated rings. The minimum atomic E-state index is -1.06. The van der Waals surface area contributed by atoms with Crippen molar-refractivity contribution in [2.45, 2.75) is 13.0 Å². The van der Waals surface area contributed by atoms with E-state index in [9.17, 15) is 24.6 Å². The van der Waals surface area contributed by atoms with Crippen molar-refractivity contribution in [3.63, 3.8) is 0 Å². The van der Waals surface area contributed by atoms with E-state index in [1.807, 2.05) is 0 Å². The molecule has 1 aliphatic rings. The lowest BCUT2D eigenvalue weighted by atomic mass is 9.95. The lowest BCUT2D eigenvalue weighted by Crippen LogP contribution is -2.29. The molecule has 1 unspecified atom stereocenters. The SMILES string of the molecule is CCOC(=O)c1ccc(N2C(=O)C(=O)/C(=C(\O)c3ccc(OC)c(Cl)c3)C2c2cccc(O)c2)cc1. The second-order valence-corrected chi connectivity index (χ2v) is 8.29. The number of aromatic hydroxyl groups is 1. The molecular formula is C27H22ClNO7. The first-order valence-corrected chi connectivity index (χ1v) is 11.4. The number of anilines is 1.